The number of carbonyl (C=O) groups excluding carboxylic acids is 2. The van der Waals surface area contributed by atoms with Crippen molar-refractivity contribution in [2.75, 3.05) is 15.6 Å². The van der Waals surface area contributed by atoms with E-state index in [0.717, 1.165) is 22.4 Å². The molecule has 2 amide bonds. The molecule has 0 aliphatic carbocycles. The average molecular weight is 469 g/mol. The summed E-state index contributed by atoms with van der Waals surface area (Å²) in [5, 5.41) is 1.16. The summed E-state index contributed by atoms with van der Waals surface area (Å²) in [5.74, 6) is -0.0558. The number of anilines is 2. The first-order valence-electron chi connectivity index (χ1n) is 9.81. The molecule has 1 saturated heterocycles. The van der Waals surface area contributed by atoms with Crippen LogP contribution >= 0.6 is 35.0 Å². The predicted octanol–water partition coefficient (Wildman–Crippen LogP) is 5.78. The number of hydrogen-bond donors (Lipinski definition) is 0. The molecule has 1 unspecified atom stereocenters. The first-order valence-corrected chi connectivity index (χ1v) is 11.6. The molecular weight excluding hydrogens is 451 g/mol. The van der Waals surface area contributed by atoms with Crippen molar-refractivity contribution in [1.29, 1.82) is 0 Å². The molecule has 3 aromatic rings. The maximum absolute atomic E-state index is 14.0. The molecule has 7 heteroatoms. The highest BCUT2D eigenvalue weighted by atomic mass is 35.5. The number of para-hydroxylation sites is 1. The minimum absolute atomic E-state index is 0.118. The van der Waals surface area contributed by atoms with Crippen molar-refractivity contribution < 1.29 is 9.59 Å². The van der Waals surface area contributed by atoms with Crippen LogP contribution in [0.25, 0.3) is 0 Å². The largest absolute Gasteiger partial charge is 0.304 e. The Morgan fingerprint density at radius 1 is 0.968 bits per heavy atom. The van der Waals surface area contributed by atoms with Crippen LogP contribution in [-0.2, 0) is 21.0 Å². The number of rotatable bonds is 3. The SMILES string of the molecule is Cc1ccc(N2C(=O)CSC23C(=O)N(Cc2ccccc2Cl)c2ccccc23)cc1Cl. The third-order valence-electron chi connectivity index (χ3n) is 5.76. The summed E-state index contributed by atoms with van der Waals surface area (Å²) in [5.41, 5.74) is 3.98. The number of thioether (sulfide) groups is 1. The Balaban J connectivity index is 1.66. The highest BCUT2D eigenvalue weighted by molar-refractivity contribution is 8.02. The van der Waals surface area contributed by atoms with Gasteiger partial charge in [-0.15, -0.1) is 11.8 Å². The number of hydrogen-bond acceptors (Lipinski definition) is 3. The van der Waals surface area contributed by atoms with Gasteiger partial charge >= 0.3 is 0 Å². The Labute approximate surface area is 194 Å². The maximum Gasteiger partial charge on any atom is 0.269 e. The van der Waals surface area contributed by atoms with E-state index in [1.165, 1.54) is 11.8 Å². The molecule has 0 saturated carbocycles. The summed E-state index contributed by atoms with van der Waals surface area (Å²) < 4.78 is 0. The predicted molar refractivity (Wildman–Crippen MR) is 127 cm³/mol. The number of benzene rings is 3. The van der Waals surface area contributed by atoms with Gasteiger partial charge in [0.05, 0.1) is 18.0 Å². The van der Waals surface area contributed by atoms with Gasteiger partial charge in [0.1, 0.15) is 0 Å². The fourth-order valence-corrected chi connectivity index (χ4v) is 5.96. The van der Waals surface area contributed by atoms with Gasteiger partial charge in [0, 0.05) is 21.3 Å². The summed E-state index contributed by atoms with van der Waals surface area (Å²) in [6.45, 7) is 2.23. The molecule has 31 heavy (non-hydrogen) atoms. The van der Waals surface area contributed by atoms with Crippen molar-refractivity contribution in [3.05, 3.63) is 93.5 Å². The molecule has 0 aromatic heterocycles. The van der Waals surface area contributed by atoms with Gasteiger partial charge in [-0.2, -0.15) is 0 Å². The number of fused-ring (bicyclic) bond motifs is 2. The zero-order chi connectivity index (χ0) is 21.8. The number of aryl methyl sites for hydroxylation is 1. The standard InChI is InChI=1S/C24H18Cl2N2O2S/c1-15-10-11-17(12-20(15)26)28-22(29)14-31-24(28)18-7-3-5-9-21(18)27(23(24)30)13-16-6-2-4-8-19(16)25/h2-12H,13-14H2,1H3. The van der Waals surface area contributed by atoms with E-state index in [1.54, 1.807) is 15.9 Å². The fraction of sp³-hybridized carbons (Fsp3) is 0.167. The van der Waals surface area contributed by atoms with Crippen LogP contribution in [0.2, 0.25) is 10.0 Å². The molecule has 2 aliphatic rings. The lowest BCUT2D eigenvalue weighted by molar-refractivity contribution is -0.123. The van der Waals surface area contributed by atoms with Crippen molar-refractivity contribution in [3.8, 4) is 0 Å². The molecule has 5 rings (SSSR count). The normalized spacial score (nSPS) is 20.1. The Hall–Kier alpha value is -2.47. The molecule has 2 heterocycles. The molecular formula is C24H18Cl2N2O2S. The van der Waals surface area contributed by atoms with Gasteiger partial charge in [-0.1, -0.05) is 65.7 Å². The quantitative estimate of drug-likeness (QED) is 0.488. The van der Waals surface area contributed by atoms with Gasteiger partial charge < -0.3 is 4.90 Å². The van der Waals surface area contributed by atoms with Crippen LogP contribution in [0.5, 0.6) is 0 Å². The van der Waals surface area contributed by atoms with E-state index in [0.29, 0.717) is 22.3 Å². The lowest BCUT2D eigenvalue weighted by atomic mass is 10.0. The lowest BCUT2D eigenvalue weighted by Gasteiger charge is -2.33. The molecule has 1 fully saturated rings. The first-order chi connectivity index (χ1) is 14.9. The molecule has 156 valence electrons. The smallest absolute Gasteiger partial charge is 0.269 e. The molecule has 2 aliphatic heterocycles. The van der Waals surface area contributed by atoms with Crippen LogP contribution in [0.1, 0.15) is 16.7 Å². The van der Waals surface area contributed by atoms with E-state index in [1.807, 2.05) is 67.6 Å². The van der Waals surface area contributed by atoms with Crippen molar-refractivity contribution in [2.45, 2.75) is 18.3 Å². The van der Waals surface area contributed by atoms with Crippen molar-refractivity contribution in [3.63, 3.8) is 0 Å². The van der Waals surface area contributed by atoms with Crippen LogP contribution < -0.4 is 9.80 Å². The second kappa shape index (κ2) is 7.59. The number of halogens is 2. The van der Waals surface area contributed by atoms with Gasteiger partial charge in [-0.25, -0.2) is 0 Å². The van der Waals surface area contributed by atoms with E-state index < -0.39 is 4.87 Å². The molecule has 1 atom stereocenters. The molecule has 0 bridgehead atoms. The Morgan fingerprint density at radius 3 is 2.48 bits per heavy atom. The monoisotopic (exact) mass is 468 g/mol. The summed E-state index contributed by atoms with van der Waals surface area (Å²) in [6.07, 6.45) is 0. The van der Waals surface area contributed by atoms with Gasteiger partial charge in [-0.05, 0) is 42.3 Å². The Bertz CT molecular complexity index is 1230. The average Bonchev–Trinajstić information content (AvgIpc) is 3.23. The van der Waals surface area contributed by atoms with E-state index in [9.17, 15) is 9.59 Å². The second-order valence-corrected chi connectivity index (χ2v) is 9.58. The highest BCUT2D eigenvalue weighted by Gasteiger charge is 2.60. The Morgan fingerprint density at radius 2 is 1.71 bits per heavy atom. The van der Waals surface area contributed by atoms with Crippen molar-refractivity contribution in [1.82, 2.24) is 0 Å². The van der Waals surface area contributed by atoms with Gasteiger partial charge in [0.15, 0.2) is 0 Å². The van der Waals surface area contributed by atoms with Gasteiger partial charge in [0.2, 0.25) is 10.8 Å². The van der Waals surface area contributed by atoms with Crippen LogP contribution in [0.3, 0.4) is 0 Å². The first kappa shape index (κ1) is 20.4. The fourth-order valence-electron chi connectivity index (χ4n) is 4.23. The summed E-state index contributed by atoms with van der Waals surface area (Å²) in [7, 11) is 0. The van der Waals surface area contributed by atoms with Gasteiger partial charge in [-0.3, -0.25) is 14.5 Å². The second-order valence-electron chi connectivity index (χ2n) is 7.60. The molecule has 0 N–H and O–H groups in total. The molecule has 0 radical (unpaired) electrons. The summed E-state index contributed by atoms with van der Waals surface area (Å²) in [4.78, 5) is 29.3. The summed E-state index contributed by atoms with van der Waals surface area (Å²) >= 11 is 14.1. The van der Waals surface area contributed by atoms with Crippen molar-refractivity contribution >= 4 is 58.2 Å². The van der Waals surface area contributed by atoms with Crippen LogP contribution in [-0.4, -0.2) is 17.6 Å². The van der Waals surface area contributed by atoms with E-state index >= 15 is 0 Å². The third-order valence-corrected chi connectivity index (χ3v) is 7.93. The number of amides is 2. The molecule has 4 nitrogen and oxygen atoms in total. The molecule has 3 aromatic carbocycles. The number of nitrogens with zero attached hydrogens (tertiary/aromatic N) is 2. The minimum atomic E-state index is -1.16. The Kier molecular flexibility index (Phi) is 5.00. The van der Waals surface area contributed by atoms with Crippen LogP contribution in [0.15, 0.2) is 66.7 Å². The van der Waals surface area contributed by atoms with Gasteiger partial charge in [0.25, 0.3) is 5.91 Å². The number of carbonyl (C=O) groups is 2. The zero-order valence-corrected chi connectivity index (χ0v) is 19.0. The van der Waals surface area contributed by atoms with E-state index in [4.69, 9.17) is 23.2 Å². The zero-order valence-electron chi connectivity index (χ0n) is 16.6. The minimum Gasteiger partial charge on any atom is -0.304 e. The third kappa shape index (κ3) is 3.06. The van der Waals surface area contributed by atoms with Crippen molar-refractivity contribution in [2.24, 2.45) is 0 Å². The van der Waals surface area contributed by atoms with E-state index in [2.05, 4.69) is 0 Å². The highest BCUT2D eigenvalue weighted by Crippen LogP contribution is 2.56. The lowest BCUT2D eigenvalue weighted by Crippen LogP contribution is -2.49. The van der Waals surface area contributed by atoms with E-state index in [-0.39, 0.29) is 17.6 Å². The summed E-state index contributed by atoms with van der Waals surface area (Å²) in [6, 6.07) is 20.6. The maximum atomic E-state index is 14.0. The molecule has 1 spiro atoms. The van der Waals surface area contributed by atoms with Crippen LogP contribution in [0.4, 0.5) is 11.4 Å². The van der Waals surface area contributed by atoms with Crippen LogP contribution in [0, 0.1) is 6.92 Å². The topological polar surface area (TPSA) is 40.6 Å².